The Morgan fingerprint density at radius 3 is 2.14 bits per heavy atom. The van der Waals surface area contributed by atoms with Crippen molar-refractivity contribution in [2.45, 2.75) is 33.1 Å². The van der Waals surface area contributed by atoms with E-state index in [1.807, 2.05) is 0 Å². The van der Waals surface area contributed by atoms with Crippen LogP contribution >= 0.6 is 0 Å². The molecule has 0 saturated heterocycles. The van der Waals surface area contributed by atoms with Gasteiger partial charge in [0.05, 0.1) is 16.7 Å². The van der Waals surface area contributed by atoms with Gasteiger partial charge in [0.2, 0.25) is 0 Å². The topological polar surface area (TPSA) is 4.93 Å². The summed E-state index contributed by atoms with van der Waals surface area (Å²) in [5, 5.41) is 2.64. The SMILES string of the molecule is Cc1ccccc1-c1c(C)cccc1-c1ccc2c(c1)c1cccc3c1n2-c1ccccc1C3(C)C. The number of aromatic nitrogens is 1. The number of rotatable bonds is 2. The van der Waals surface area contributed by atoms with Crippen molar-refractivity contribution in [3.05, 3.63) is 125 Å². The van der Waals surface area contributed by atoms with Crippen LogP contribution in [0.25, 0.3) is 49.7 Å². The Morgan fingerprint density at radius 1 is 0.583 bits per heavy atom. The number of benzene rings is 5. The van der Waals surface area contributed by atoms with Crippen molar-refractivity contribution in [3.63, 3.8) is 0 Å². The maximum absolute atomic E-state index is 2.49. The molecule has 1 aliphatic rings. The average molecular weight is 464 g/mol. The molecule has 0 radical (unpaired) electrons. The lowest BCUT2D eigenvalue weighted by Gasteiger charge is -2.34. The highest BCUT2D eigenvalue weighted by Crippen LogP contribution is 2.48. The summed E-state index contributed by atoms with van der Waals surface area (Å²) >= 11 is 0. The zero-order valence-corrected chi connectivity index (χ0v) is 21.3. The molecule has 0 bridgehead atoms. The number of aryl methyl sites for hydroxylation is 2. The normalized spacial score (nSPS) is 13.8. The van der Waals surface area contributed by atoms with Gasteiger partial charge in [-0.05, 0) is 76.6 Å². The van der Waals surface area contributed by atoms with E-state index in [1.165, 1.54) is 72.0 Å². The van der Waals surface area contributed by atoms with Crippen LogP contribution in [0.15, 0.2) is 103 Å². The molecule has 36 heavy (non-hydrogen) atoms. The van der Waals surface area contributed by atoms with Crippen molar-refractivity contribution < 1.29 is 0 Å². The van der Waals surface area contributed by atoms with Gasteiger partial charge in [-0.1, -0.05) is 98.8 Å². The van der Waals surface area contributed by atoms with E-state index >= 15 is 0 Å². The second-order valence-electron chi connectivity index (χ2n) is 10.7. The fourth-order valence-electron chi connectivity index (χ4n) is 6.45. The minimum absolute atomic E-state index is 0.0438. The van der Waals surface area contributed by atoms with E-state index < -0.39 is 0 Å². The van der Waals surface area contributed by atoms with Gasteiger partial charge in [-0.15, -0.1) is 0 Å². The Kier molecular flexibility index (Phi) is 4.39. The van der Waals surface area contributed by atoms with Crippen molar-refractivity contribution in [3.8, 4) is 27.9 Å². The molecule has 0 aliphatic carbocycles. The van der Waals surface area contributed by atoms with Crippen LogP contribution in [0.3, 0.4) is 0 Å². The predicted octanol–water partition coefficient (Wildman–Crippen LogP) is 9.37. The monoisotopic (exact) mass is 463 g/mol. The van der Waals surface area contributed by atoms with Crippen LogP contribution in [0, 0.1) is 13.8 Å². The van der Waals surface area contributed by atoms with Crippen molar-refractivity contribution in [1.82, 2.24) is 4.57 Å². The van der Waals surface area contributed by atoms with Gasteiger partial charge < -0.3 is 4.57 Å². The third kappa shape index (κ3) is 2.77. The van der Waals surface area contributed by atoms with Gasteiger partial charge in [-0.3, -0.25) is 0 Å². The standard InChI is InChI=1S/C35H29N/c1-22-11-5-6-13-25(22)33-23(2)12-9-14-26(33)24-19-20-31-28(21-24)27-15-10-17-30-34(27)36(31)32-18-8-7-16-29(32)35(30,3)4/h5-21H,1-4H3. The molecule has 0 spiro atoms. The number of hydrogen-bond donors (Lipinski definition) is 0. The van der Waals surface area contributed by atoms with E-state index in [-0.39, 0.29) is 5.41 Å². The van der Waals surface area contributed by atoms with Gasteiger partial charge in [0.1, 0.15) is 0 Å². The molecule has 0 unspecified atom stereocenters. The lowest BCUT2D eigenvalue weighted by atomic mass is 9.75. The van der Waals surface area contributed by atoms with Crippen molar-refractivity contribution in [2.75, 3.05) is 0 Å². The Hall–Kier alpha value is -4.10. The smallest absolute Gasteiger partial charge is 0.0582 e. The first-order valence-electron chi connectivity index (χ1n) is 12.8. The van der Waals surface area contributed by atoms with Crippen molar-refractivity contribution in [1.29, 1.82) is 0 Å². The molecule has 6 aromatic rings. The molecular weight excluding hydrogens is 434 g/mol. The molecular formula is C35H29N. The molecule has 5 aromatic carbocycles. The molecule has 1 aliphatic heterocycles. The number of hydrogen-bond acceptors (Lipinski definition) is 0. The molecule has 7 rings (SSSR count). The first-order valence-corrected chi connectivity index (χ1v) is 12.8. The van der Waals surface area contributed by atoms with Crippen LogP contribution in [0.4, 0.5) is 0 Å². The predicted molar refractivity (Wildman–Crippen MR) is 153 cm³/mol. The minimum atomic E-state index is -0.0438. The summed E-state index contributed by atoms with van der Waals surface area (Å²) in [6.07, 6.45) is 0. The molecule has 1 nitrogen and oxygen atoms in total. The van der Waals surface area contributed by atoms with Gasteiger partial charge in [0.15, 0.2) is 0 Å². The van der Waals surface area contributed by atoms with Crippen molar-refractivity contribution >= 4 is 21.8 Å². The summed E-state index contributed by atoms with van der Waals surface area (Å²) in [4.78, 5) is 0. The molecule has 174 valence electrons. The molecule has 0 atom stereocenters. The summed E-state index contributed by atoms with van der Waals surface area (Å²) in [7, 11) is 0. The van der Waals surface area contributed by atoms with Crippen LogP contribution in [0.5, 0.6) is 0 Å². The fourth-order valence-corrected chi connectivity index (χ4v) is 6.45. The van der Waals surface area contributed by atoms with E-state index in [9.17, 15) is 0 Å². The first kappa shape index (κ1) is 21.2. The highest BCUT2D eigenvalue weighted by Gasteiger charge is 2.34. The molecule has 0 amide bonds. The third-order valence-electron chi connectivity index (χ3n) is 8.28. The lowest BCUT2D eigenvalue weighted by molar-refractivity contribution is 0.630. The van der Waals surface area contributed by atoms with Crippen LogP contribution in [-0.4, -0.2) is 4.57 Å². The summed E-state index contributed by atoms with van der Waals surface area (Å²) < 4.78 is 2.49. The van der Waals surface area contributed by atoms with Gasteiger partial charge >= 0.3 is 0 Å². The van der Waals surface area contributed by atoms with E-state index in [2.05, 4.69) is 135 Å². The van der Waals surface area contributed by atoms with Gasteiger partial charge in [0, 0.05) is 16.2 Å². The number of nitrogens with zero attached hydrogens (tertiary/aromatic N) is 1. The zero-order valence-electron chi connectivity index (χ0n) is 21.3. The average Bonchev–Trinajstić information content (AvgIpc) is 3.22. The van der Waals surface area contributed by atoms with E-state index in [4.69, 9.17) is 0 Å². The molecule has 1 heteroatoms. The second kappa shape index (κ2) is 7.45. The van der Waals surface area contributed by atoms with Gasteiger partial charge in [0.25, 0.3) is 0 Å². The largest absolute Gasteiger partial charge is 0.309 e. The molecule has 0 fully saturated rings. The summed E-state index contributed by atoms with van der Waals surface area (Å²) in [6.45, 7) is 9.14. The van der Waals surface area contributed by atoms with Gasteiger partial charge in [-0.2, -0.15) is 0 Å². The van der Waals surface area contributed by atoms with Crippen LogP contribution in [-0.2, 0) is 5.41 Å². The summed E-state index contributed by atoms with van der Waals surface area (Å²) in [6, 6.07) is 38.2. The maximum atomic E-state index is 2.49. The number of fused-ring (bicyclic) bond motifs is 5. The Balaban J connectivity index is 1.56. The lowest BCUT2D eigenvalue weighted by Crippen LogP contribution is -2.26. The van der Waals surface area contributed by atoms with Gasteiger partial charge in [-0.25, -0.2) is 0 Å². The molecule has 1 aromatic heterocycles. The van der Waals surface area contributed by atoms with E-state index in [1.54, 1.807) is 0 Å². The maximum Gasteiger partial charge on any atom is 0.0582 e. The minimum Gasteiger partial charge on any atom is -0.309 e. The zero-order chi connectivity index (χ0) is 24.6. The summed E-state index contributed by atoms with van der Waals surface area (Å²) in [5.74, 6) is 0. The van der Waals surface area contributed by atoms with E-state index in [0.29, 0.717) is 0 Å². The Bertz CT molecular complexity index is 1830. The number of para-hydroxylation sites is 2. The fraction of sp³-hybridized carbons (Fsp3) is 0.143. The molecule has 0 N–H and O–H groups in total. The molecule has 2 heterocycles. The Labute approximate surface area is 212 Å². The van der Waals surface area contributed by atoms with Crippen LogP contribution in [0.1, 0.15) is 36.1 Å². The quantitative estimate of drug-likeness (QED) is 0.241. The molecule has 0 saturated carbocycles. The third-order valence-corrected chi connectivity index (χ3v) is 8.28. The van der Waals surface area contributed by atoms with Crippen molar-refractivity contribution in [2.24, 2.45) is 0 Å². The Morgan fingerprint density at radius 2 is 1.28 bits per heavy atom. The second-order valence-corrected chi connectivity index (χ2v) is 10.7. The van der Waals surface area contributed by atoms with Crippen LogP contribution in [0.2, 0.25) is 0 Å². The summed E-state index contributed by atoms with van der Waals surface area (Å²) in [5.41, 5.74) is 14.5. The van der Waals surface area contributed by atoms with Crippen LogP contribution < -0.4 is 0 Å². The van der Waals surface area contributed by atoms with E-state index in [0.717, 1.165) is 0 Å². The highest BCUT2D eigenvalue weighted by molar-refractivity contribution is 6.13. The first-order chi connectivity index (χ1) is 17.5. The highest BCUT2D eigenvalue weighted by atomic mass is 15.0.